The Hall–Kier alpha value is -1.85. The van der Waals surface area contributed by atoms with E-state index in [1.165, 1.54) is 16.8 Å². The normalized spacial score (nSPS) is 10.5. The van der Waals surface area contributed by atoms with Crippen LogP contribution in [0.15, 0.2) is 22.0 Å². The molecule has 56 valence electrons. The van der Waals surface area contributed by atoms with E-state index >= 15 is 0 Å². The predicted molar refractivity (Wildman–Crippen MR) is 36.4 cm³/mol. The van der Waals surface area contributed by atoms with E-state index in [9.17, 15) is 9.59 Å². The molecule has 6 heteroatoms. The van der Waals surface area contributed by atoms with E-state index in [2.05, 4.69) is 15.2 Å². The lowest BCUT2D eigenvalue weighted by atomic mass is 10.6. The highest BCUT2D eigenvalue weighted by molar-refractivity contribution is 5.32. The standard InChI is InChI=1S/C5H4N4O2/c10-4-1-3-7-8-5(11)9(3)2-6-4/h1-2,7H,(H,8,11). The van der Waals surface area contributed by atoms with Crippen molar-refractivity contribution in [2.45, 2.75) is 0 Å². The summed E-state index contributed by atoms with van der Waals surface area (Å²) in [5, 5.41) is 4.82. The first-order chi connectivity index (χ1) is 5.27. The molecule has 2 heterocycles. The fourth-order valence-corrected chi connectivity index (χ4v) is 0.836. The first-order valence-electron chi connectivity index (χ1n) is 2.92. The summed E-state index contributed by atoms with van der Waals surface area (Å²) in [6.45, 7) is 0. The molecule has 2 rings (SSSR count). The van der Waals surface area contributed by atoms with Crippen molar-refractivity contribution in [1.29, 1.82) is 0 Å². The molecule has 0 spiro atoms. The number of H-pyrrole nitrogens is 2. The highest BCUT2D eigenvalue weighted by Gasteiger charge is 1.96. The minimum atomic E-state index is -0.375. The van der Waals surface area contributed by atoms with Gasteiger partial charge in [0, 0.05) is 6.07 Å². The fraction of sp³-hybridized carbons (Fsp3) is 0. The number of hydrogen-bond acceptors (Lipinski definition) is 3. The molecule has 0 aliphatic heterocycles. The second-order valence-corrected chi connectivity index (χ2v) is 2.04. The van der Waals surface area contributed by atoms with Crippen LogP contribution in [0, 0.1) is 0 Å². The largest absolute Gasteiger partial charge is 0.347 e. The minimum absolute atomic E-state index is 0.340. The highest BCUT2D eigenvalue weighted by atomic mass is 16.1. The highest BCUT2D eigenvalue weighted by Crippen LogP contribution is 1.83. The molecule has 2 aromatic heterocycles. The lowest BCUT2D eigenvalue weighted by Gasteiger charge is -1.84. The van der Waals surface area contributed by atoms with Gasteiger partial charge in [0.05, 0.1) is 0 Å². The number of hydrogen-bond donors (Lipinski definition) is 2. The van der Waals surface area contributed by atoms with Crippen molar-refractivity contribution in [3.05, 3.63) is 33.2 Å². The minimum Gasteiger partial charge on any atom is -0.281 e. The molecular weight excluding hydrogens is 148 g/mol. The third-order valence-corrected chi connectivity index (χ3v) is 1.34. The van der Waals surface area contributed by atoms with Gasteiger partial charge in [-0.25, -0.2) is 14.3 Å². The summed E-state index contributed by atoms with van der Waals surface area (Å²) in [6.07, 6.45) is 1.17. The van der Waals surface area contributed by atoms with E-state index < -0.39 is 0 Å². The van der Waals surface area contributed by atoms with E-state index in [-0.39, 0.29) is 11.2 Å². The van der Waals surface area contributed by atoms with E-state index in [0.717, 1.165) is 0 Å². The molecule has 2 N–H and O–H groups in total. The number of aromatic nitrogens is 4. The average Bonchev–Trinajstić information content (AvgIpc) is 2.32. The number of nitrogens with one attached hydrogen (secondary N) is 2. The maximum atomic E-state index is 10.8. The molecular formula is C5H4N4O2. The monoisotopic (exact) mass is 152 g/mol. The smallest absolute Gasteiger partial charge is 0.281 e. The zero-order chi connectivity index (χ0) is 7.84. The Morgan fingerprint density at radius 2 is 2.18 bits per heavy atom. The van der Waals surface area contributed by atoms with Gasteiger partial charge >= 0.3 is 5.69 Å². The van der Waals surface area contributed by atoms with Gasteiger partial charge in [-0.05, 0) is 0 Å². The summed E-state index contributed by atoms with van der Waals surface area (Å²) in [5.41, 5.74) is -0.303. The lowest BCUT2D eigenvalue weighted by molar-refractivity contribution is 0.987. The molecule has 0 saturated carbocycles. The summed E-state index contributed by atoms with van der Waals surface area (Å²) in [7, 11) is 0. The molecule has 2 aromatic rings. The van der Waals surface area contributed by atoms with Gasteiger partial charge in [0.2, 0.25) is 0 Å². The molecule has 0 aromatic carbocycles. The van der Waals surface area contributed by atoms with Gasteiger partial charge in [0.25, 0.3) is 5.56 Å². The van der Waals surface area contributed by atoms with Crippen LogP contribution in [-0.4, -0.2) is 19.6 Å². The first-order valence-corrected chi connectivity index (χ1v) is 2.92. The van der Waals surface area contributed by atoms with Crippen molar-refractivity contribution in [2.75, 3.05) is 0 Å². The van der Waals surface area contributed by atoms with Crippen LogP contribution in [0.1, 0.15) is 0 Å². The molecule has 0 fully saturated rings. The molecule has 0 atom stereocenters. The Labute approximate surface area is 59.5 Å². The number of fused-ring (bicyclic) bond motifs is 1. The van der Waals surface area contributed by atoms with Crippen molar-refractivity contribution in [2.24, 2.45) is 0 Å². The molecule has 0 unspecified atom stereocenters. The van der Waals surface area contributed by atoms with Gasteiger partial charge in [-0.2, -0.15) is 4.98 Å². The van der Waals surface area contributed by atoms with Gasteiger partial charge in [0.1, 0.15) is 12.0 Å². The molecule has 11 heavy (non-hydrogen) atoms. The zero-order valence-electron chi connectivity index (χ0n) is 5.37. The maximum absolute atomic E-state index is 10.8. The van der Waals surface area contributed by atoms with E-state index in [1.54, 1.807) is 0 Å². The topological polar surface area (TPSA) is 83.0 Å². The fourth-order valence-electron chi connectivity index (χ4n) is 0.836. The SMILES string of the molecule is O=c1cc2[nH][nH]c(=O)n2cn1. The number of aromatic amines is 2. The summed E-state index contributed by atoms with van der Waals surface area (Å²) in [6, 6.07) is 1.23. The van der Waals surface area contributed by atoms with Crippen molar-refractivity contribution in [1.82, 2.24) is 19.6 Å². The van der Waals surface area contributed by atoms with Crippen LogP contribution in [0.3, 0.4) is 0 Å². The van der Waals surface area contributed by atoms with Crippen LogP contribution >= 0.6 is 0 Å². The van der Waals surface area contributed by atoms with Crippen LogP contribution in [0.25, 0.3) is 5.65 Å². The molecule has 0 aliphatic rings. The van der Waals surface area contributed by atoms with Gasteiger partial charge in [-0.3, -0.25) is 9.89 Å². The molecule has 6 nitrogen and oxygen atoms in total. The number of nitrogens with zero attached hydrogens (tertiary/aromatic N) is 2. The Kier molecular flexibility index (Phi) is 0.974. The molecule has 0 aliphatic carbocycles. The summed E-state index contributed by atoms with van der Waals surface area (Å²) >= 11 is 0. The van der Waals surface area contributed by atoms with Crippen molar-refractivity contribution in [3.63, 3.8) is 0 Å². The van der Waals surface area contributed by atoms with Crippen LogP contribution in [0.4, 0.5) is 0 Å². The number of rotatable bonds is 0. The van der Waals surface area contributed by atoms with Crippen LogP contribution in [-0.2, 0) is 0 Å². The Morgan fingerprint density at radius 3 is 3.00 bits per heavy atom. The summed E-state index contributed by atoms with van der Waals surface area (Å²) in [4.78, 5) is 24.9. The van der Waals surface area contributed by atoms with Crippen LogP contribution in [0.2, 0.25) is 0 Å². The quantitative estimate of drug-likeness (QED) is 0.492. The maximum Gasteiger partial charge on any atom is 0.347 e. The summed E-state index contributed by atoms with van der Waals surface area (Å²) < 4.78 is 1.21. The zero-order valence-corrected chi connectivity index (χ0v) is 5.37. The van der Waals surface area contributed by atoms with Crippen molar-refractivity contribution >= 4 is 5.65 Å². The average molecular weight is 152 g/mol. The molecule has 0 saturated heterocycles. The van der Waals surface area contributed by atoms with Crippen molar-refractivity contribution < 1.29 is 0 Å². The van der Waals surface area contributed by atoms with E-state index in [4.69, 9.17) is 0 Å². The molecule has 0 amide bonds. The Morgan fingerprint density at radius 1 is 1.36 bits per heavy atom. The second kappa shape index (κ2) is 1.82. The predicted octanol–water partition coefficient (Wildman–Crippen LogP) is -1.29. The van der Waals surface area contributed by atoms with Crippen LogP contribution < -0.4 is 11.2 Å². The first kappa shape index (κ1) is 5.90. The van der Waals surface area contributed by atoms with Gasteiger partial charge in [0.15, 0.2) is 0 Å². The third-order valence-electron chi connectivity index (χ3n) is 1.34. The van der Waals surface area contributed by atoms with E-state index in [0.29, 0.717) is 5.65 Å². The van der Waals surface area contributed by atoms with Gasteiger partial charge in [-0.15, -0.1) is 0 Å². The lowest BCUT2D eigenvalue weighted by Crippen LogP contribution is -2.13. The molecule has 0 radical (unpaired) electrons. The Balaban J connectivity index is 3.08. The van der Waals surface area contributed by atoms with Gasteiger partial charge < -0.3 is 0 Å². The van der Waals surface area contributed by atoms with Crippen LogP contribution in [0.5, 0.6) is 0 Å². The second-order valence-electron chi connectivity index (χ2n) is 2.04. The summed E-state index contributed by atoms with van der Waals surface area (Å²) in [5.74, 6) is 0. The van der Waals surface area contributed by atoms with Crippen molar-refractivity contribution in [3.8, 4) is 0 Å². The molecule has 0 bridgehead atoms. The van der Waals surface area contributed by atoms with Gasteiger partial charge in [-0.1, -0.05) is 0 Å². The third kappa shape index (κ3) is 0.759. The van der Waals surface area contributed by atoms with E-state index in [1.807, 2.05) is 0 Å². The Bertz CT molecular complexity index is 491.